The molecule has 5 heteroatoms. The molecule has 0 saturated carbocycles. The van der Waals surface area contributed by atoms with Gasteiger partial charge in [0, 0.05) is 0 Å². The van der Waals surface area contributed by atoms with Crippen molar-refractivity contribution in [3.05, 3.63) is 24.3 Å². The van der Waals surface area contributed by atoms with Crippen molar-refractivity contribution in [2.45, 2.75) is 295 Å². The molecule has 0 aliphatic carbocycles. The summed E-state index contributed by atoms with van der Waals surface area (Å²) in [4.78, 5) is 12.5. The predicted octanol–water partition coefficient (Wildman–Crippen LogP) is 15.3. The average molecular weight is 804 g/mol. The van der Waals surface area contributed by atoms with Crippen LogP contribution in [-0.4, -0.2) is 46.1 Å². The predicted molar refractivity (Wildman–Crippen MR) is 250 cm³/mol. The molecule has 0 aromatic rings. The van der Waals surface area contributed by atoms with Gasteiger partial charge in [0.2, 0.25) is 5.91 Å². The van der Waals surface area contributed by atoms with E-state index >= 15 is 0 Å². The molecule has 0 aliphatic heterocycles. The second-order valence-electron chi connectivity index (χ2n) is 17.7. The molecule has 0 fully saturated rings. The van der Waals surface area contributed by atoms with Crippen LogP contribution in [0, 0.1) is 0 Å². The molecule has 3 atom stereocenters. The Hall–Kier alpha value is -1.17. The number of unbranched alkanes of at least 4 members (excludes halogenated alkanes) is 35. The topological polar surface area (TPSA) is 89.8 Å². The number of allylic oxidation sites excluding steroid dienone is 4. The summed E-state index contributed by atoms with van der Waals surface area (Å²) in [6.07, 6.45) is 59.1. The number of aliphatic hydroxyl groups excluding tert-OH is 3. The molecule has 0 radical (unpaired) electrons. The minimum atomic E-state index is -1.08. The lowest BCUT2D eigenvalue weighted by Gasteiger charge is -2.23. The van der Waals surface area contributed by atoms with Gasteiger partial charge in [0.05, 0.1) is 18.8 Å². The van der Waals surface area contributed by atoms with Crippen LogP contribution in [0.15, 0.2) is 24.3 Å². The number of nitrogens with one attached hydrogen (secondary N) is 1. The molecular weight excluding hydrogens is 703 g/mol. The third-order valence-electron chi connectivity index (χ3n) is 12.1. The Morgan fingerprint density at radius 2 is 0.719 bits per heavy atom. The molecule has 0 rings (SSSR count). The van der Waals surface area contributed by atoms with E-state index in [0.29, 0.717) is 12.8 Å². The number of aliphatic hydroxyl groups is 3. The van der Waals surface area contributed by atoms with Crippen LogP contribution in [-0.2, 0) is 4.79 Å². The lowest BCUT2D eigenvalue weighted by molar-refractivity contribution is -0.131. The van der Waals surface area contributed by atoms with Gasteiger partial charge in [-0.15, -0.1) is 0 Å². The molecular formula is C52H101NO4. The second kappa shape index (κ2) is 47.5. The van der Waals surface area contributed by atoms with E-state index < -0.39 is 24.2 Å². The average Bonchev–Trinajstić information content (AvgIpc) is 3.22. The molecule has 0 bridgehead atoms. The Bertz CT molecular complexity index is 844. The summed E-state index contributed by atoms with van der Waals surface area (Å²) in [7, 11) is 0. The second-order valence-corrected chi connectivity index (χ2v) is 17.7. The molecule has 5 nitrogen and oxygen atoms in total. The summed E-state index contributed by atoms with van der Waals surface area (Å²) in [6, 6.07) is -0.714. The fraction of sp³-hybridized carbons (Fsp3) is 0.904. The number of amides is 1. The van der Waals surface area contributed by atoms with Crippen molar-refractivity contribution >= 4 is 5.91 Å². The van der Waals surface area contributed by atoms with Crippen molar-refractivity contribution in [2.24, 2.45) is 0 Å². The first kappa shape index (κ1) is 55.8. The van der Waals surface area contributed by atoms with Crippen LogP contribution in [0.3, 0.4) is 0 Å². The van der Waals surface area contributed by atoms with E-state index in [2.05, 4.69) is 43.5 Å². The van der Waals surface area contributed by atoms with Crippen molar-refractivity contribution in [2.75, 3.05) is 6.61 Å². The van der Waals surface area contributed by atoms with Gasteiger partial charge in [0.1, 0.15) is 6.10 Å². The Kier molecular flexibility index (Phi) is 46.5. The normalized spacial score (nSPS) is 13.6. The number of carbonyl (C=O) groups is 1. The SMILES string of the molecule is CCCCCCCCCCC/C=C\C/C=C\CCCCCCCCCCC(O)C(=O)NC(CO)C(O)CCCCCCCCCCCCCCCCCCCCC. The number of hydrogen-bond acceptors (Lipinski definition) is 4. The van der Waals surface area contributed by atoms with Crippen LogP contribution in [0.4, 0.5) is 0 Å². The van der Waals surface area contributed by atoms with Crippen LogP contribution in [0.2, 0.25) is 0 Å². The lowest BCUT2D eigenvalue weighted by atomic mass is 10.0. The summed E-state index contributed by atoms with van der Waals surface area (Å²) in [5.74, 6) is -0.472. The quantitative estimate of drug-likeness (QED) is 0.0364. The summed E-state index contributed by atoms with van der Waals surface area (Å²) < 4.78 is 0. The van der Waals surface area contributed by atoms with Crippen molar-refractivity contribution in [3.63, 3.8) is 0 Å². The van der Waals surface area contributed by atoms with E-state index in [1.165, 1.54) is 212 Å². The summed E-state index contributed by atoms with van der Waals surface area (Å²) in [5.41, 5.74) is 0. The first-order valence-electron chi connectivity index (χ1n) is 25.6. The molecule has 0 aliphatic rings. The first-order valence-corrected chi connectivity index (χ1v) is 25.6. The molecule has 0 heterocycles. The van der Waals surface area contributed by atoms with Gasteiger partial charge in [-0.25, -0.2) is 0 Å². The zero-order chi connectivity index (χ0) is 41.5. The molecule has 4 N–H and O–H groups in total. The minimum Gasteiger partial charge on any atom is -0.394 e. The maximum Gasteiger partial charge on any atom is 0.249 e. The maximum atomic E-state index is 12.5. The fourth-order valence-corrected chi connectivity index (χ4v) is 8.05. The molecule has 3 unspecified atom stereocenters. The number of rotatable bonds is 47. The molecule has 0 spiro atoms. The molecule has 0 saturated heterocycles. The zero-order valence-electron chi connectivity index (χ0n) is 38.5. The molecule has 338 valence electrons. The highest BCUT2D eigenvalue weighted by Crippen LogP contribution is 2.17. The Morgan fingerprint density at radius 1 is 0.421 bits per heavy atom. The van der Waals surface area contributed by atoms with E-state index in [0.717, 1.165) is 38.5 Å². The van der Waals surface area contributed by atoms with E-state index in [1.807, 2.05) is 0 Å². The first-order chi connectivity index (χ1) is 28.1. The van der Waals surface area contributed by atoms with Gasteiger partial charge >= 0.3 is 0 Å². The lowest BCUT2D eigenvalue weighted by Crippen LogP contribution is -2.49. The molecule has 57 heavy (non-hydrogen) atoms. The molecule has 1 amide bonds. The summed E-state index contributed by atoms with van der Waals surface area (Å²) in [6.45, 7) is 4.25. The third kappa shape index (κ3) is 42.8. The van der Waals surface area contributed by atoms with Crippen molar-refractivity contribution < 1.29 is 20.1 Å². The van der Waals surface area contributed by atoms with Crippen molar-refractivity contribution in [1.29, 1.82) is 0 Å². The zero-order valence-corrected chi connectivity index (χ0v) is 38.5. The highest BCUT2D eigenvalue weighted by molar-refractivity contribution is 5.80. The van der Waals surface area contributed by atoms with Crippen LogP contribution in [0.1, 0.15) is 277 Å². The van der Waals surface area contributed by atoms with Crippen molar-refractivity contribution in [3.8, 4) is 0 Å². The van der Waals surface area contributed by atoms with E-state index in [4.69, 9.17) is 0 Å². The van der Waals surface area contributed by atoms with Gasteiger partial charge in [-0.2, -0.15) is 0 Å². The van der Waals surface area contributed by atoms with Gasteiger partial charge in [-0.05, 0) is 44.9 Å². The van der Waals surface area contributed by atoms with Gasteiger partial charge in [-0.3, -0.25) is 4.79 Å². The Morgan fingerprint density at radius 3 is 1.05 bits per heavy atom. The highest BCUT2D eigenvalue weighted by atomic mass is 16.3. The van der Waals surface area contributed by atoms with Crippen LogP contribution >= 0.6 is 0 Å². The Balaban J connectivity index is 3.58. The maximum absolute atomic E-state index is 12.5. The third-order valence-corrected chi connectivity index (χ3v) is 12.1. The standard InChI is InChI=1S/C52H101NO4/c1-3-5-7-9-11-13-15-17-19-21-23-24-25-26-27-29-31-33-35-37-39-41-43-45-47-51(56)52(57)53-49(48-54)50(55)46-44-42-40-38-36-34-32-30-28-22-20-18-16-14-12-10-8-6-4-2/h23-24,26-27,49-51,54-56H,3-22,25,28-48H2,1-2H3,(H,53,57)/b24-23-,27-26-. The van der Waals surface area contributed by atoms with Crippen LogP contribution in [0.5, 0.6) is 0 Å². The van der Waals surface area contributed by atoms with E-state index in [1.54, 1.807) is 0 Å². The van der Waals surface area contributed by atoms with Gasteiger partial charge in [-0.1, -0.05) is 256 Å². The minimum absolute atomic E-state index is 0.314. The van der Waals surface area contributed by atoms with Gasteiger partial charge in [0.15, 0.2) is 0 Å². The van der Waals surface area contributed by atoms with Crippen LogP contribution in [0.25, 0.3) is 0 Å². The molecule has 0 aromatic carbocycles. The monoisotopic (exact) mass is 804 g/mol. The number of carbonyl (C=O) groups excluding carboxylic acids is 1. The fourth-order valence-electron chi connectivity index (χ4n) is 8.05. The number of hydrogen-bond donors (Lipinski definition) is 4. The van der Waals surface area contributed by atoms with Gasteiger partial charge < -0.3 is 20.6 Å². The van der Waals surface area contributed by atoms with Crippen molar-refractivity contribution in [1.82, 2.24) is 5.32 Å². The van der Waals surface area contributed by atoms with E-state index in [9.17, 15) is 20.1 Å². The summed E-state index contributed by atoms with van der Waals surface area (Å²) >= 11 is 0. The molecule has 0 aromatic heterocycles. The van der Waals surface area contributed by atoms with Gasteiger partial charge in [0.25, 0.3) is 0 Å². The van der Waals surface area contributed by atoms with E-state index in [-0.39, 0.29) is 6.61 Å². The highest BCUT2D eigenvalue weighted by Gasteiger charge is 2.23. The summed E-state index contributed by atoms with van der Waals surface area (Å²) in [5, 5.41) is 33.5. The van der Waals surface area contributed by atoms with Crippen LogP contribution < -0.4 is 5.32 Å². The Labute approximate surface area is 356 Å². The largest absolute Gasteiger partial charge is 0.394 e. The smallest absolute Gasteiger partial charge is 0.249 e.